The number of halogens is 1. The second kappa shape index (κ2) is 6.92. The van der Waals surface area contributed by atoms with Gasteiger partial charge in [-0.05, 0) is 31.0 Å². The van der Waals surface area contributed by atoms with Crippen LogP contribution in [0.4, 0.5) is 11.4 Å². The maximum absolute atomic E-state index is 11.9. The molecule has 4 N–H and O–H groups in total. The number of nitrogen functional groups attached to an aromatic ring is 1. The number of nitrogens with two attached hydrogens (primary N) is 1. The summed E-state index contributed by atoms with van der Waals surface area (Å²) in [6.45, 7) is 1.43. The molecule has 0 heterocycles. The van der Waals surface area contributed by atoms with Crippen molar-refractivity contribution in [2.45, 2.75) is 25.3 Å². The van der Waals surface area contributed by atoms with E-state index in [1.807, 2.05) is 0 Å². The molecule has 5 nitrogen and oxygen atoms in total. The Hall–Kier alpha value is -1.30. The molecule has 0 atom stereocenters. The molecule has 0 unspecified atom stereocenters. The Balaban J connectivity index is 1.80. The summed E-state index contributed by atoms with van der Waals surface area (Å²) in [5, 5.41) is 12.3. The molecule has 1 fully saturated rings. The summed E-state index contributed by atoms with van der Waals surface area (Å²) in [4.78, 5) is 14.0. The Morgan fingerprint density at radius 3 is 2.80 bits per heavy atom. The average Bonchev–Trinajstić information content (AvgIpc) is 3.23. The maximum Gasteiger partial charge on any atom is 0.225 e. The van der Waals surface area contributed by atoms with Crippen molar-refractivity contribution in [3.05, 3.63) is 23.2 Å². The van der Waals surface area contributed by atoms with E-state index in [0.29, 0.717) is 41.9 Å². The number of benzene rings is 1. The molecule has 20 heavy (non-hydrogen) atoms. The number of nitrogens with zero attached hydrogens (tertiary/aromatic N) is 1. The molecule has 1 aromatic rings. The zero-order valence-corrected chi connectivity index (χ0v) is 12.1. The van der Waals surface area contributed by atoms with E-state index in [4.69, 9.17) is 22.4 Å². The smallest absolute Gasteiger partial charge is 0.225 e. The molecule has 0 radical (unpaired) electrons. The molecule has 6 heteroatoms. The van der Waals surface area contributed by atoms with Crippen molar-refractivity contribution in [1.82, 2.24) is 4.90 Å². The third-order valence-electron chi connectivity index (χ3n) is 3.36. The standard InChI is InChI=1S/C14H20ClN3O2/c15-12-4-1-10(9-13(12)16)17-14(20)5-6-18(7-8-19)11-2-3-11/h1,4,9,11,19H,2-3,5-8,16H2,(H,17,20). The summed E-state index contributed by atoms with van der Waals surface area (Å²) in [6.07, 6.45) is 2.73. The van der Waals surface area contributed by atoms with Crippen LogP contribution in [-0.4, -0.2) is 41.7 Å². The van der Waals surface area contributed by atoms with E-state index < -0.39 is 0 Å². The molecular formula is C14H20ClN3O2. The van der Waals surface area contributed by atoms with E-state index in [9.17, 15) is 4.79 Å². The van der Waals surface area contributed by atoms with E-state index in [0.717, 1.165) is 12.8 Å². The van der Waals surface area contributed by atoms with Crippen LogP contribution in [0.2, 0.25) is 5.02 Å². The first-order chi connectivity index (χ1) is 9.60. The van der Waals surface area contributed by atoms with Crippen LogP contribution in [0, 0.1) is 0 Å². The highest BCUT2D eigenvalue weighted by molar-refractivity contribution is 6.33. The Labute approximate surface area is 123 Å². The molecule has 1 amide bonds. The molecule has 0 aromatic heterocycles. The second-order valence-electron chi connectivity index (χ2n) is 5.03. The van der Waals surface area contributed by atoms with E-state index >= 15 is 0 Å². The van der Waals surface area contributed by atoms with Crippen LogP contribution in [0.1, 0.15) is 19.3 Å². The number of hydrogen-bond donors (Lipinski definition) is 3. The fraction of sp³-hybridized carbons (Fsp3) is 0.500. The van der Waals surface area contributed by atoms with Gasteiger partial charge < -0.3 is 16.2 Å². The molecule has 2 rings (SSSR count). The molecule has 0 bridgehead atoms. The normalized spacial score (nSPS) is 14.6. The maximum atomic E-state index is 11.9. The molecule has 1 aliphatic carbocycles. The van der Waals surface area contributed by atoms with Gasteiger partial charge in [-0.2, -0.15) is 0 Å². The third-order valence-corrected chi connectivity index (χ3v) is 3.70. The third kappa shape index (κ3) is 4.37. The van der Waals surface area contributed by atoms with Crippen LogP contribution in [0.15, 0.2) is 18.2 Å². The number of carbonyl (C=O) groups excluding carboxylic acids is 1. The minimum atomic E-state index is -0.0599. The largest absolute Gasteiger partial charge is 0.397 e. The second-order valence-corrected chi connectivity index (χ2v) is 5.43. The highest BCUT2D eigenvalue weighted by atomic mass is 35.5. The number of nitrogens with one attached hydrogen (secondary N) is 1. The lowest BCUT2D eigenvalue weighted by Gasteiger charge is -2.20. The average molecular weight is 298 g/mol. The van der Waals surface area contributed by atoms with Crippen LogP contribution < -0.4 is 11.1 Å². The van der Waals surface area contributed by atoms with Crippen molar-refractivity contribution in [2.24, 2.45) is 0 Å². The summed E-state index contributed by atoms with van der Waals surface area (Å²) < 4.78 is 0. The molecule has 1 aliphatic rings. The zero-order chi connectivity index (χ0) is 14.5. The summed E-state index contributed by atoms with van der Waals surface area (Å²) >= 11 is 5.83. The van der Waals surface area contributed by atoms with Crippen molar-refractivity contribution in [3.8, 4) is 0 Å². The summed E-state index contributed by atoms with van der Waals surface area (Å²) in [7, 11) is 0. The van der Waals surface area contributed by atoms with Gasteiger partial charge in [0.1, 0.15) is 0 Å². The quantitative estimate of drug-likeness (QED) is 0.670. The summed E-state index contributed by atoms with van der Waals surface area (Å²) in [5.41, 5.74) is 6.79. The topological polar surface area (TPSA) is 78.6 Å². The van der Waals surface area contributed by atoms with Crippen LogP contribution in [0.25, 0.3) is 0 Å². The number of aliphatic hydroxyl groups is 1. The Kier molecular flexibility index (Phi) is 5.23. The number of aliphatic hydroxyl groups excluding tert-OH is 1. The SMILES string of the molecule is Nc1cc(NC(=O)CCN(CCO)C2CC2)ccc1Cl. The predicted octanol–water partition coefficient (Wildman–Crippen LogP) is 1.71. The minimum absolute atomic E-state index is 0.0599. The van der Waals surface area contributed by atoms with Gasteiger partial charge in [0.05, 0.1) is 17.3 Å². The van der Waals surface area contributed by atoms with Crippen LogP contribution in [0.3, 0.4) is 0 Å². The van der Waals surface area contributed by atoms with Crippen LogP contribution >= 0.6 is 11.6 Å². The van der Waals surface area contributed by atoms with Crippen LogP contribution in [0.5, 0.6) is 0 Å². The first-order valence-corrected chi connectivity index (χ1v) is 7.17. The molecule has 0 aliphatic heterocycles. The summed E-state index contributed by atoms with van der Waals surface area (Å²) in [5.74, 6) is -0.0599. The number of hydrogen-bond acceptors (Lipinski definition) is 4. The molecule has 0 spiro atoms. The number of rotatable bonds is 7. The molecule has 0 saturated heterocycles. The summed E-state index contributed by atoms with van der Waals surface area (Å²) in [6, 6.07) is 5.57. The van der Waals surface area contributed by atoms with Gasteiger partial charge in [-0.1, -0.05) is 11.6 Å². The number of amides is 1. The molecule has 110 valence electrons. The van der Waals surface area contributed by atoms with Gasteiger partial charge >= 0.3 is 0 Å². The molecule has 1 aromatic carbocycles. The van der Waals surface area contributed by atoms with Gasteiger partial charge in [0.2, 0.25) is 5.91 Å². The Morgan fingerprint density at radius 1 is 1.45 bits per heavy atom. The highest BCUT2D eigenvalue weighted by Crippen LogP contribution is 2.26. The van der Waals surface area contributed by atoms with E-state index in [1.165, 1.54) is 0 Å². The van der Waals surface area contributed by atoms with Crippen molar-refractivity contribution in [3.63, 3.8) is 0 Å². The first-order valence-electron chi connectivity index (χ1n) is 6.80. The number of carbonyl (C=O) groups is 1. The van der Waals surface area contributed by atoms with Gasteiger partial charge in [-0.3, -0.25) is 9.69 Å². The Morgan fingerprint density at radius 2 is 2.20 bits per heavy atom. The van der Waals surface area contributed by atoms with Gasteiger partial charge in [0.15, 0.2) is 0 Å². The minimum Gasteiger partial charge on any atom is -0.397 e. The van der Waals surface area contributed by atoms with Gasteiger partial charge in [-0.15, -0.1) is 0 Å². The Bertz CT molecular complexity index is 477. The van der Waals surface area contributed by atoms with E-state index in [-0.39, 0.29) is 12.5 Å². The monoisotopic (exact) mass is 297 g/mol. The number of anilines is 2. The van der Waals surface area contributed by atoms with Crippen molar-refractivity contribution >= 4 is 28.9 Å². The van der Waals surface area contributed by atoms with Gasteiger partial charge in [-0.25, -0.2) is 0 Å². The van der Waals surface area contributed by atoms with Crippen molar-refractivity contribution < 1.29 is 9.90 Å². The lowest BCUT2D eigenvalue weighted by Crippen LogP contribution is -2.32. The lowest BCUT2D eigenvalue weighted by molar-refractivity contribution is -0.116. The predicted molar refractivity (Wildman–Crippen MR) is 80.8 cm³/mol. The van der Waals surface area contributed by atoms with Crippen LogP contribution in [-0.2, 0) is 4.79 Å². The fourth-order valence-corrected chi connectivity index (χ4v) is 2.25. The molecular weight excluding hydrogens is 278 g/mol. The van der Waals surface area contributed by atoms with Gasteiger partial charge in [0, 0.05) is 31.2 Å². The highest BCUT2D eigenvalue weighted by Gasteiger charge is 2.28. The molecule has 1 saturated carbocycles. The van der Waals surface area contributed by atoms with E-state index in [1.54, 1.807) is 18.2 Å². The first kappa shape index (κ1) is 15.1. The fourth-order valence-electron chi connectivity index (χ4n) is 2.14. The van der Waals surface area contributed by atoms with Crippen molar-refractivity contribution in [2.75, 3.05) is 30.7 Å². The van der Waals surface area contributed by atoms with Crippen molar-refractivity contribution in [1.29, 1.82) is 0 Å². The lowest BCUT2D eigenvalue weighted by atomic mass is 10.2. The van der Waals surface area contributed by atoms with Gasteiger partial charge in [0.25, 0.3) is 0 Å². The zero-order valence-electron chi connectivity index (χ0n) is 11.3. The van der Waals surface area contributed by atoms with E-state index in [2.05, 4.69) is 10.2 Å².